The van der Waals surface area contributed by atoms with Crippen molar-refractivity contribution < 1.29 is 0 Å². The molecule has 0 aliphatic rings. The predicted molar refractivity (Wildman–Crippen MR) is 138 cm³/mol. The second-order valence-electron chi connectivity index (χ2n) is 8.87. The van der Waals surface area contributed by atoms with Gasteiger partial charge < -0.3 is 0 Å². The Kier molecular flexibility index (Phi) is 3.18. The van der Waals surface area contributed by atoms with E-state index in [1.165, 1.54) is 32.6 Å². The molecule has 0 fully saturated rings. The second-order valence-corrected chi connectivity index (χ2v) is 8.87. The third kappa shape index (κ3) is 2.13. The van der Waals surface area contributed by atoms with Crippen LogP contribution in [0.4, 0.5) is 0 Å². The molecule has 0 atom stereocenters. The zero-order valence-corrected chi connectivity index (χ0v) is 18.0. The maximum Gasteiger partial charge on any atom is 0.220 e. The largest absolute Gasteiger partial charge is 0.277 e. The lowest BCUT2D eigenvalue weighted by Gasteiger charge is -2.05. The van der Waals surface area contributed by atoms with E-state index in [2.05, 4.69) is 81.6 Å². The Balaban J connectivity index is 1.62. The summed E-state index contributed by atoms with van der Waals surface area (Å²) in [5.41, 5.74) is 8.48. The van der Waals surface area contributed by atoms with E-state index < -0.39 is 0 Å². The number of hydrogen-bond acceptors (Lipinski definition) is 2. The molecular weight excluding hydrogens is 416 g/mol. The van der Waals surface area contributed by atoms with E-state index in [0.717, 1.165) is 33.5 Å². The Morgan fingerprint density at radius 3 is 2.21 bits per heavy atom. The summed E-state index contributed by atoms with van der Waals surface area (Å²) in [7, 11) is 0. The zero-order valence-electron chi connectivity index (χ0n) is 18.0. The van der Waals surface area contributed by atoms with E-state index in [9.17, 15) is 5.26 Å². The Labute approximate surface area is 193 Å². The number of aromatic nitrogens is 3. The first-order valence-electron chi connectivity index (χ1n) is 11.3. The van der Waals surface area contributed by atoms with E-state index in [1.807, 2.05) is 30.3 Å². The van der Waals surface area contributed by atoms with Gasteiger partial charge in [0.25, 0.3) is 0 Å². The second kappa shape index (κ2) is 6.12. The third-order valence-corrected chi connectivity index (χ3v) is 7.04. The summed E-state index contributed by atoms with van der Waals surface area (Å²) in [6.45, 7) is 0. The van der Waals surface area contributed by atoms with Gasteiger partial charge in [-0.3, -0.25) is 8.80 Å². The summed E-state index contributed by atoms with van der Waals surface area (Å²) < 4.78 is 4.59. The number of rotatable bonds is 1. The average Bonchev–Trinajstić information content (AvgIpc) is 3.52. The van der Waals surface area contributed by atoms with Crippen molar-refractivity contribution >= 4 is 54.9 Å². The highest BCUT2D eigenvalue weighted by atomic mass is 15.2. The van der Waals surface area contributed by atoms with Crippen LogP contribution in [0.3, 0.4) is 0 Å². The van der Waals surface area contributed by atoms with Crippen LogP contribution in [-0.2, 0) is 0 Å². The number of benzene rings is 5. The summed E-state index contributed by atoms with van der Waals surface area (Å²) >= 11 is 0. The van der Waals surface area contributed by atoms with E-state index in [4.69, 9.17) is 4.98 Å². The predicted octanol–water partition coefficient (Wildman–Crippen LogP) is 7.18. The fourth-order valence-corrected chi connectivity index (χ4v) is 5.49. The van der Waals surface area contributed by atoms with Crippen LogP contribution >= 0.6 is 0 Å². The molecule has 3 heterocycles. The third-order valence-electron chi connectivity index (χ3n) is 7.04. The molecule has 34 heavy (non-hydrogen) atoms. The Morgan fingerprint density at radius 2 is 1.38 bits per heavy atom. The van der Waals surface area contributed by atoms with Crippen LogP contribution < -0.4 is 0 Å². The summed E-state index contributed by atoms with van der Waals surface area (Å²) in [6.07, 6.45) is 0. The molecule has 156 valence electrons. The van der Waals surface area contributed by atoms with Crippen molar-refractivity contribution in [1.82, 2.24) is 13.8 Å². The normalized spacial score (nSPS) is 12.1. The number of hydrogen-bond donors (Lipinski definition) is 0. The smallest absolute Gasteiger partial charge is 0.220 e. The van der Waals surface area contributed by atoms with E-state index >= 15 is 0 Å². The Morgan fingerprint density at radius 1 is 0.618 bits per heavy atom. The van der Waals surface area contributed by atoms with Crippen molar-refractivity contribution in [3.63, 3.8) is 0 Å². The van der Waals surface area contributed by atoms with Crippen LogP contribution in [0, 0.1) is 11.3 Å². The van der Waals surface area contributed by atoms with Gasteiger partial charge in [-0.2, -0.15) is 5.26 Å². The number of nitrogens with zero attached hydrogens (tertiary/aromatic N) is 4. The summed E-state index contributed by atoms with van der Waals surface area (Å²) in [5.74, 6) is 0.934. The average molecular weight is 432 g/mol. The van der Waals surface area contributed by atoms with Gasteiger partial charge in [-0.1, -0.05) is 48.5 Å². The lowest BCUT2D eigenvalue weighted by molar-refractivity contribution is 1.22. The molecule has 0 saturated carbocycles. The van der Waals surface area contributed by atoms with Crippen molar-refractivity contribution in [2.45, 2.75) is 0 Å². The Bertz CT molecular complexity index is 2120. The van der Waals surface area contributed by atoms with Crippen LogP contribution in [0.1, 0.15) is 5.56 Å². The lowest BCUT2D eigenvalue weighted by atomic mass is 10.00. The minimum absolute atomic E-state index is 0.667. The van der Waals surface area contributed by atoms with Gasteiger partial charge in [-0.15, -0.1) is 0 Å². The van der Waals surface area contributed by atoms with Crippen LogP contribution in [0.2, 0.25) is 0 Å². The van der Waals surface area contributed by atoms with E-state index in [0.29, 0.717) is 5.56 Å². The molecule has 0 saturated heterocycles. The first kappa shape index (κ1) is 17.6. The van der Waals surface area contributed by atoms with Gasteiger partial charge in [0.1, 0.15) is 0 Å². The minimum Gasteiger partial charge on any atom is -0.277 e. The number of fused-ring (bicyclic) bond motifs is 9. The highest BCUT2D eigenvalue weighted by Gasteiger charge is 2.22. The van der Waals surface area contributed by atoms with Gasteiger partial charge >= 0.3 is 0 Å². The van der Waals surface area contributed by atoms with Gasteiger partial charge in [-0.25, -0.2) is 4.98 Å². The molecule has 0 bridgehead atoms. The van der Waals surface area contributed by atoms with E-state index in [-0.39, 0.29) is 0 Å². The zero-order chi connectivity index (χ0) is 22.4. The highest BCUT2D eigenvalue weighted by molar-refractivity contribution is 6.19. The van der Waals surface area contributed by atoms with Gasteiger partial charge in [0.05, 0.1) is 39.2 Å². The SMILES string of the molecule is N#Cc1ccc(-c2cc3c4cc5ccccc5cc4n4c3c(c2)n2c3ccccc3nc24)cc1. The molecule has 0 radical (unpaired) electrons. The molecule has 0 aliphatic heterocycles. The van der Waals surface area contributed by atoms with Gasteiger partial charge in [0.15, 0.2) is 0 Å². The molecule has 5 aromatic carbocycles. The number of para-hydroxylation sites is 2. The van der Waals surface area contributed by atoms with Crippen LogP contribution in [0.5, 0.6) is 0 Å². The number of imidazole rings is 2. The minimum atomic E-state index is 0.667. The molecule has 0 spiro atoms. The highest BCUT2D eigenvalue weighted by Crippen LogP contribution is 2.40. The maximum atomic E-state index is 9.23. The lowest BCUT2D eigenvalue weighted by Crippen LogP contribution is -1.85. The van der Waals surface area contributed by atoms with Gasteiger partial charge in [-0.05, 0) is 70.4 Å². The molecule has 8 rings (SSSR count). The van der Waals surface area contributed by atoms with Gasteiger partial charge in [0, 0.05) is 10.8 Å². The molecule has 0 unspecified atom stereocenters. The molecule has 0 N–H and O–H groups in total. The molecule has 4 nitrogen and oxygen atoms in total. The molecule has 0 amide bonds. The summed E-state index contributed by atoms with van der Waals surface area (Å²) in [6, 6.07) is 36.0. The van der Waals surface area contributed by atoms with Crippen LogP contribution in [0.15, 0.2) is 97.1 Å². The van der Waals surface area contributed by atoms with Crippen LogP contribution in [0.25, 0.3) is 66.0 Å². The van der Waals surface area contributed by atoms with Crippen molar-refractivity contribution in [2.75, 3.05) is 0 Å². The maximum absolute atomic E-state index is 9.23. The summed E-state index contributed by atoms with van der Waals surface area (Å²) in [5, 5.41) is 14.1. The topological polar surface area (TPSA) is 45.5 Å². The molecule has 8 aromatic rings. The number of nitriles is 1. The van der Waals surface area contributed by atoms with Gasteiger partial charge in [0.2, 0.25) is 5.78 Å². The van der Waals surface area contributed by atoms with Crippen molar-refractivity contribution in [3.8, 4) is 17.2 Å². The first-order valence-corrected chi connectivity index (χ1v) is 11.3. The summed E-state index contributed by atoms with van der Waals surface area (Å²) in [4.78, 5) is 5.05. The fraction of sp³-hybridized carbons (Fsp3) is 0. The quantitative estimate of drug-likeness (QED) is 0.276. The molecular formula is C30H16N4. The first-order chi connectivity index (χ1) is 16.8. The van der Waals surface area contributed by atoms with Crippen molar-refractivity contribution in [1.29, 1.82) is 5.26 Å². The molecule has 4 heteroatoms. The van der Waals surface area contributed by atoms with Crippen molar-refractivity contribution in [2.24, 2.45) is 0 Å². The van der Waals surface area contributed by atoms with Crippen LogP contribution in [-0.4, -0.2) is 13.8 Å². The standard InChI is InChI=1S/C30H16N4/c31-17-18-9-11-19(12-10-18)22-14-24-23-13-20-5-1-2-6-21(20)15-27(23)34-29(24)28(16-22)33-26-8-4-3-7-25(26)32-30(33)34/h1-16H. The fourth-order valence-electron chi connectivity index (χ4n) is 5.49. The molecule has 0 aliphatic carbocycles. The Hall–Kier alpha value is -4.88. The van der Waals surface area contributed by atoms with Crippen molar-refractivity contribution in [3.05, 3.63) is 103 Å². The van der Waals surface area contributed by atoms with E-state index in [1.54, 1.807) is 0 Å². The monoisotopic (exact) mass is 432 g/mol. The molecule has 3 aromatic heterocycles.